The summed E-state index contributed by atoms with van der Waals surface area (Å²) in [7, 11) is 0. The van der Waals surface area contributed by atoms with E-state index in [0.717, 1.165) is 30.4 Å². The van der Waals surface area contributed by atoms with E-state index in [-0.39, 0.29) is 11.7 Å². The molecule has 1 atom stereocenters. The summed E-state index contributed by atoms with van der Waals surface area (Å²) in [5, 5.41) is 20.5. The highest BCUT2D eigenvalue weighted by Gasteiger charge is 2.25. The predicted molar refractivity (Wildman–Crippen MR) is 169 cm³/mol. The van der Waals surface area contributed by atoms with Crippen molar-refractivity contribution in [3.8, 4) is 11.6 Å². The monoisotopic (exact) mass is 606 g/mol. The molecule has 1 saturated carbocycles. The fourth-order valence-corrected chi connectivity index (χ4v) is 5.80. The van der Waals surface area contributed by atoms with Gasteiger partial charge in [-0.05, 0) is 66.3 Å². The number of hydrogen-bond acceptors (Lipinski definition) is 6. The Labute approximate surface area is 256 Å². The molecule has 4 aromatic rings. The third-order valence-electron chi connectivity index (χ3n) is 7.62. The van der Waals surface area contributed by atoms with Crippen molar-refractivity contribution in [1.29, 1.82) is 0 Å². The van der Waals surface area contributed by atoms with Gasteiger partial charge in [0.25, 0.3) is 0 Å². The fourth-order valence-electron chi connectivity index (χ4n) is 5.32. The van der Waals surface area contributed by atoms with Crippen molar-refractivity contribution >= 4 is 40.9 Å². The lowest BCUT2D eigenvalue weighted by molar-refractivity contribution is -0.122. The first-order valence-electron chi connectivity index (χ1n) is 14.5. The normalized spacial score (nSPS) is 14.3. The summed E-state index contributed by atoms with van der Waals surface area (Å²) in [6, 6.07) is 17.7. The Balaban J connectivity index is 1.33. The minimum atomic E-state index is -0.476. The number of phenolic OH excluding ortho intramolecular Hbond substituents is 1. The van der Waals surface area contributed by atoms with Crippen LogP contribution in [0.5, 0.6) is 5.75 Å². The van der Waals surface area contributed by atoms with Crippen LogP contribution in [0.1, 0.15) is 49.7 Å². The van der Waals surface area contributed by atoms with Crippen molar-refractivity contribution < 1.29 is 9.90 Å². The molecule has 2 aromatic heterocycles. The number of nitrogens with one attached hydrogen (secondary N) is 3. The summed E-state index contributed by atoms with van der Waals surface area (Å²) in [4.78, 5) is 23.1. The molecule has 42 heavy (non-hydrogen) atoms. The Hall–Kier alpha value is -3.75. The number of amides is 1. The van der Waals surface area contributed by atoms with E-state index in [1.165, 1.54) is 19.3 Å². The van der Waals surface area contributed by atoms with Crippen LogP contribution in [0, 0.1) is 5.92 Å². The second-order valence-electron chi connectivity index (χ2n) is 10.8. The average molecular weight is 608 g/mol. The van der Waals surface area contributed by atoms with Crippen LogP contribution in [0.4, 0.5) is 11.8 Å². The van der Waals surface area contributed by atoms with Crippen molar-refractivity contribution in [3.05, 3.63) is 94.2 Å². The number of rotatable bonds is 12. The van der Waals surface area contributed by atoms with E-state index in [4.69, 9.17) is 33.2 Å². The van der Waals surface area contributed by atoms with Gasteiger partial charge >= 0.3 is 0 Å². The lowest BCUT2D eigenvalue weighted by atomic mass is 9.84. The molecule has 1 aliphatic carbocycles. The van der Waals surface area contributed by atoms with E-state index < -0.39 is 6.04 Å². The molecule has 1 amide bonds. The zero-order chi connectivity index (χ0) is 29.3. The van der Waals surface area contributed by atoms with E-state index in [0.29, 0.717) is 53.1 Å². The van der Waals surface area contributed by atoms with Crippen molar-refractivity contribution in [2.24, 2.45) is 5.92 Å². The molecule has 2 heterocycles. The van der Waals surface area contributed by atoms with Gasteiger partial charge in [-0.3, -0.25) is 4.79 Å². The zero-order valence-electron chi connectivity index (χ0n) is 23.4. The van der Waals surface area contributed by atoms with E-state index in [2.05, 4.69) is 16.0 Å². The highest BCUT2D eigenvalue weighted by Crippen LogP contribution is 2.29. The Bertz CT molecular complexity index is 1460. The van der Waals surface area contributed by atoms with Crippen LogP contribution in [0.2, 0.25) is 10.0 Å². The van der Waals surface area contributed by atoms with Gasteiger partial charge in [0.15, 0.2) is 0 Å². The molecule has 0 radical (unpaired) electrons. The number of nitrogens with zero attached hydrogens (tertiary/aromatic N) is 3. The maximum atomic E-state index is 13.6. The number of benzene rings is 2. The quantitative estimate of drug-likeness (QED) is 0.138. The van der Waals surface area contributed by atoms with Gasteiger partial charge in [0, 0.05) is 41.6 Å². The smallest absolute Gasteiger partial charge is 0.242 e. The topological polar surface area (TPSA) is 104 Å². The minimum absolute atomic E-state index is 0.102. The van der Waals surface area contributed by atoms with Gasteiger partial charge in [-0.15, -0.1) is 0 Å². The number of halogens is 2. The van der Waals surface area contributed by atoms with Crippen LogP contribution in [0.15, 0.2) is 73.1 Å². The SMILES string of the molecule is O=C(NCc1ccc(Cl)cc1Cl)[C@@H](CC1CCCCC1)Nc1cc(-n2cccc2)nc(NCCc2ccc(O)cc2)n1. The van der Waals surface area contributed by atoms with Crippen LogP contribution in [-0.4, -0.2) is 38.1 Å². The second kappa shape index (κ2) is 14.4. The third kappa shape index (κ3) is 8.39. The standard InChI is InChI=1S/C32H36Cl2N6O2/c33-25-11-10-24(27(34)19-25)21-36-31(42)28(18-23-6-2-1-3-7-23)37-29-20-30(40-16-4-5-17-40)39-32(38-29)35-15-14-22-8-12-26(41)13-9-22/h4-5,8-13,16-17,19-20,23,28,41H,1-3,6-7,14-15,18,21H2,(H,36,42)(H2,35,37,38,39)/t28-/m1/s1. The maximum Gasteiger partial charge on any atom is 0.242 e. The van der Waals surface area contributed by atoms with Crippen molar-refractivity contribution in [1.82, 2.24) is 19.9 Å². The summed E-state index contributed by atoms with van der Waals surface area (Å²) >= 11 is 12.4. The fraction of sp³-hybridized carbons (Fsp3) is 0.344. The van der Waals surface area contributed by atoms with Gasteiger partial charge in [0.1, 0.15) is 23.4 Å². The Morgan fingerprint density at radius 3 is 2.50 bits per heavy atom. The summed E-state index contributed by atoms with van der Waals surface area (Å²) in [6.07, 6.45) is 11.2. The van der Waals surface area contributed by atoms with Crippen LogP contribution >= 0.6 is 23.2 Å². The first-order valence-corrected chi connectivity index (χ1v) is 15.2. The molecule has 0 saturated heterocycles. The maximum absolute atomic E-state index is 13.6. The predicted octanol–water partition coefficient (Wildman–Crippen LogP) is 7.00. The van der Waals surface area contributed by atoms with Gasteiger partial charge in [0.2, 0.25) is 11.9 Å². The van der Waals surface area contributed by atoms with E-state index >= 15 is 0 Å². The highest BCUT2D eigenvalue weighted by atomic mass is 35.5. The first kappa shape index (κ1) is 29.7. The summed E-state index contributed by atoms with van der Waals surface area (Å²) in [5.41, 5.74) is 1.90. The van der Waals surface area contributed by atoms with Crippen LogP contribution in [-0.2, 0) is 17.8 Å². The molecule has 1 aliphatic rings. The van der Waals surface area contributed by atoms with E-state index in [1.54, 1.807) is 24.3 Å². The molecule has 0 aliphatic heterocycles. The molecule has 10 heteroatoms. The average Bonchev–Trinajstić information content (AvgIpc) is 3.53. The lowest BCUT2D eigenvalue weighted by Gasteiger charge is -2.27. The molecule has 8 nitrogen and oxygen atoms in total. The zero-order valence-corrected chi connectivity index (χ0v) is 24.9. The second-order valence-corrected chi connectivity index (χ2v) is 11.6. The number of hydrogen-bond donors (Lipinski definition) is 4. The molecule has 0 bridgehead atoms. The van der Waals surface area contributed by atoms with Gasteiger partial charge < -0.3 is 25.6 Å². The minimum Gasteiger partial charge on any atom is -0.508 e. The van der Waals surface area contributed by atoms with Crippen molar-refractivity contribution in [2.75, 3.05) is 17.2 Å². The summed E-state index contributed by atoms with van der Waals surface area (Å²) in [5.74, 6) is 2.33. The molecule has 220 valence electrons. The molecular weight excluding hydrogens is 571 g/mol. The number of aromatic hydroxyl groups is 1. The number of carbonyl (C=O) groups is 1. The molecule has 2 aromatic carbocycles. The summed E-state index contributed by atoms with van der Waals surface area (Å²) < 4.78 is 1.91. The van der Waals surface area contributed by atoms with Gasteiger partial charge in [-0.2, -0.15) is 9.97 Å². The number of anilines is 2. The van der Waals surface area contributed by atoms with Gasteiger partial charge in [0.05, 0.1) is 0 Å². The van der Waals surface area contributed by atoms with Crippen LogP contribution in [0.3, 0.4) is 0 Å². The highest BCUT2D eigenvalue weighted by molar-refractivity contribution is 6.35. The molecular formula is C32H36Cl2N6O2. The van der Waals surface area contributed by atoms with Gasteiger partial charge in [-0.1, -0.05) is 73.5 Å². The third-order valence-corrected chi connectivity index (χ3v) is 8.20. The van der Waals surface area contributed by atoms with Crippen LogP contribution in [0.25, 0.3) is 5.82 Å². The number of aromatic nitrogens is 3. The molecule has 0 spiro atoms. The van der Waals surface area contributed by atoms with Gasteiger partial charge in [-0.25, -0.2) is 0 Å². The first-order chi connectivity index (χ1) is 20.4. The van der Waals surface area contributed by atoms with Crippen molar-refractivity contribution in [2.45, 2.75) is 57.5 Å². The lowest BCUT2D eigenvalue weighted by Crippen LogP contribution is -2.41. The molecule has 0 unspecified atom stereocenters. The van der Waals surface area contributed by atoms with E-state index in [1.807, 2.05) is 53.4 Å². The molecule has 5 rings (SSSR count). The Morgan fingerprint density at radius 2 is 1.76 bits per heavy atom. The van der Waals surface area contributed by atoms with Crippen molar-refractivity contribution in [3.63, 3.8) is 0 Å². The summed E-state index contributed by atoms with van der Waals surface area (Å²) in [6.45, 7) is 0.910. The number of phenols is 1. The molecule has 1 fully saturated rings. The Morgan fingerprint density at radius 1 is 1.00 bits per heavy atom. The molecule has 4 N–H and O–H groups in total. The van der Waals surface area contributed by atoms with Crippen LogP contribution < -0.4 is 16.0 Å². The number of carbonyl (C=O) groups excluding carboxylic acids is 1. The largest absolute Gasteiger partial charge is 0.508 e. The van der Waals surface area contributed by atoms with E-state index in [9.17, 15) is 9.90 Å². The Kier molecular flexibility index (Phi) is 10.2.